The van der Waals surface area contributed by atoms with Gasteiger partial charge in [0.15, 0.2) is 0 Å². The fraction of sp³-hybridized carbons (Fsp3) is 0.269. The van der Waals surface area contributed by atoms with E-state index in [0.717, 1.165) is 17.0 Å². The number of nitrogens with one attached hydrogen (secondary N) is 1. The standard InChI is InChI=1S/C26H27N3O3S/c1-16(2)13-22(26(31)32)28-25(30)18-8-11-23-21(14-18)27-24(15-20-5-4-12-33-20)29(23)19-9-6-17(3)7-10-19/h4-12,14,16,22H,13,15H2,1-3H3,(H,28,30)(H,31,32). The number of aryl methyl sites for hydroxylation is 1. The molecule has 33 heavy (non-hydrogen) atoms. The molecule has 6 nitrogen and oxygen atoms in total. The molecule has 2 aromatic heterocycles. The van der Waals surface area contributed by atoms with Crippen LogP contribution in [0.15, 0.2) is 60.0 Å². The summed E-state index contributed by atoms with van der Waals surface area (Å²) < 4.78 is 2.12. The molecule has 0 spiro atoms. The number of imidazole rings is 1. The number of carboxylic acid groups (broad SMARTS) is 1. The smallest absolute Gasteiger partial charge is 0.326 e. The van der Waals surface area contributed by atoms with Crippen LogP contribution in [0.3, 0.4) is 0 Å². The first kappa shape index (κ1) is 22.7. The van der Waals surface area contributed by atoms with Crippen LogP contribution in [-0.4, -0.2) is 32.6 Å². The summed E-state index contributed by atoms with van der Waals surface area (Å²) in [5.74, 6) is -0.398. The molecule has 4 rings (SSSR count). The van der Waals surface area contributed by atoms with Gasteiger partial charge in [-0.2, -0.15) is 0 Å². The summed E-state index contributed by atoms with van der Waals surface area (Å²) in [5, 5.41) is 14.2. The van der Waals surface area contributed by atoms with Crippen molar-refractivity contribution in [3.8, 4) is 5.69 Å². The van der Waals surface area contributed by atoms with Crippen LogP contribution in [0.2, 0.25) is 0 Å². The molecule has 1 amide bonds. The van der Waals surface area contributed by atoms with E-state index in [1.165, 1.54) is 10.4 Å². The molecule has 0 saturated carbocycles. The van der Waals surface area contributed by atoms with Gasteiger partial charge in [-0.25, -0.2) is 9.78 Å². The van der Waals surface area contributed by atoms with Crippen molar-refractivity contribution in [1.29, 1.82) is 0 Å². The molecule has 2 aromatic carbocycles. The molecule has 2 heterocycles. The Hall–Kier alpha value is -3.45. The van der Waals surface area contributed by atoms with E-state index in [2.05, 4.69) is 47.1 Å². The predicted octanol–water partition coefficient (Wildman–Crippen LogP) is 5.22. The van der Waals surface area contributed by atoms with Gasteiger partial charge in [0.2, 0.25) is 0 Å². The SMILES string of the molecule is Cc1ccc(-n2c(Cc3cccs3)nc3cc(C(=O)NC(CC(C)C)C(=O)O)ccc32)cc1. The second-order valence-corrected chi connectivity index (χ2v) is 9.68. The van der Waals surface area contributed by atoms with Crippen molar-refractivity contribution in [1.82, 2.24) is 14.9 Å². The quantitative estimate of drug-likeness (QED) is 0.377. The third kappa shape index (κ3) is 5.14. The fourth-order valence-corrected chi connectivity index (χ4v) is 4.58. The minimum absolute atomic E-state index is 0.152. The molecule has 1 unspecified atom stereocenters. The van der Waals surface area contributed by atoms with Crippen molar-refractivity contribution in [2.75, 3.05) is 0 Å². The van der Waals surface area contributed by atoms with Crippen molar-refractivity contribution in [2.24, 2.45) is 5.92 Å². The van der Waals surface area contributed by atoms with Gasteiger partial charge in [-0.3, -0.25) is 9.36 Å². The summed E-state index contributed by atoms with van der Waals surface area (Å²) in [4.78, 5) is 30.5. The number of aliphatic carboxylic acids is 1. The number of carbonyl (C=O) groups excluding carboxylic acids is 1. The Bertz CT molecular complexity index is 1270. The molecule has 4 aromatic rings. The summed E-state index contributed by atoms with van der Waals surface area (Å²) in [7, 11) is 0. The average Bonchev–Trinajstić information content (AvgIpc) is 3.40. The zero-order chi connectivity index (χ0) is 23.5. The van der Waals surface area contributed by atoms with Gasteiger partial charge in [0, 0.05) is 22.5 Å². The van der Waals surface area contributed by atoms with Crippen LogP contribution in [0, 0.1) is 12.8 Å². The first-order valence-corrected chi connectivity index (χ1v) is 11.8. The van der Waals surface area contributed by atoms with Crippen LogP contribution >= 0.6 is 11.3 Å². The summed E-state index contributed by atoms with van der Waals surface area (Å²) in [6.45, 7) is 5.92. The van der Waals surface area contributed by atoms with Crippen LogP contribution in [0.4, 0.5) is 0 Å². The Morgan fingerprint density at radius 2 is 1.88 bits per heavy atom. The van der Waals surface area contributed by atoms with Gasteiger partial charge < -0.3 is 10.4 Å². The lowest BCUT2D eigenvalue weighted by atomic mass is 10.0. The fourth-order valence-electron chi connectivity index (χ4n) is 3.88. The summed E-state index contributed by atoms with van der Waals surface area (Å²) in [5.41, 5.74) is 4.18. The van der Waals surface area contributed by atoms with E-state index in [-0.39, 0.29) is 5.92 Å². The molecule has 0 aliphatic rings. The van der Waals surface area contributed by atoms with Gasteiger partial charge in [-0.15, -0.1) is 11.3 Å². The lowest BCUT2D eigenvalue weighted by molar-refractivity contribution is -0.139. The second-order valence-electron chi connectivity index (χ2n) is 8.65. The molecule has 0 saturated heterocycles. The summed E-state index contributed by atoms with van der Waals surface area (Å²) >= 11 is 1.68. The highest BCUT2D eigenvalue weighted by atomic mass is 32.1. The third-order valence-corrected chi connectivity index (χ3v) is 6.38. The zero-order valence-electron chi connectivity index (χ0n) is 18.9. The normalized spacial score (nSPS) is 12.2. The number of nitrogens with zero attached hydrogens (tertiary/aromatic N) is 2. The monoisotopic (exact) mass is 461 g/mol. The molecule has 0 radical (unpaired) electrons. The molecule has 2 N–H and O–H groups in total. The highest BCUT2D eigenvalue weighted by Gasteiger charge is 2.22. The molecular formula is C26H27N3O3S. The van der Waals surface area contributed by atoms with E-state index >= 15 is 0 Å². The van der Waals surface area contributed by atoms with E-state index in [4.69, 9.17) is 4.98 Å². The Morgan fingerprint density at radius 1 is 1.12 bits per heavy atom. The van der Waals surface area contributed by atoms with E-state index in [1.807, 2.05) is 31.4 Å². The first-order chi connectivity index (χ1) is 15.8. The van der Waals surface area contributed by atoms with Crippen molar-refractivity contribution in [3.05, 3.63) is 81.8 Å². The number of amides is 1. The predicted molar refractivity (Wildman–Crippen MR) is 131 cm³/mol. The number of rotatable bonds is 8. The minimum atomic E-state index is -1.03. The van der Waals surface area contributed by atoms with Gasteiger partial charge in [-0.1, -0.05) is 37.6 Å². The molecular weight excluding hydrogens is 434 g/mol. The Morgan fingerprint density at radius 3 is 2.52 bits per heavy atom. The van der Waals surface area contributed by atoms with Crippen molar-refractivity contribution in [2.45, 2.75) is 39.7 Å². The Labute approximate surface area is 196 Å². The van der Waals surface area contributed by atoms with E-state index < -0.39 is 17.9 Å². The number of carboxylic acids is 1. The van der Waals surface area contributed by atoms with Gasteiger partial charge in [-0.05, 0) is 61.0 Å². The number of fused-ring (bicyclic) bond motifs is 1. The number of hydrogen-bond acceptors (Lipinski definition) is 4. The molecule has 0 bridgehead atoms. The molecule has 7 heteroatoms. The number of aromatic nitrogens is 2. The number of benzene rings is 2. The van der Waals surface area contributed by atoms with Crippen LogP contribution < -0.4 is 5.32 Å². The van der Waals surface area contributed by atoms with Crippen LogP contribution in [0.25, 0.3) is 16.7 Å². The molecule has 0 aliphatic heterocycles. The van der Waals surface area contributed by atoms with Gasteiger partial charge in [0.1, 0.15) is 11.9 Å². The van der Waals surface area contributed by atoms with Crippen molar-refractivity contribution in [3.63, 3.8) is 0 Å². The average molecular weight is 462 g/mol. The molecule has 0 fully saturated rings. The maximum atomic E-state index is 12.8. The maximum absolute atomic E-state index is 12.8. The first-order valence-electron chi connectivity index (χ1n) is 11.0. The number of thiophene rings is 1. The zero-order valence-corrected chi connectivity index (χ0v) is 19.7. The van der Waals surface area contributed by atoms with Crippen LogP contribution in [0.5, 0.6) is 0 Å². The van der Waals surface area contributed by atoms with E-state index in [9.17, 15) is 14.7 Å². The minimum Gasteiger partial charge on any atom is -0.480 e. The number of hydrogen-bond donors (Lipinski definition) is 2. The lowest BCUT2D eigenvalue weighted by Crippen LogP contribution is -2.41. The summed E-state index contributed by atoms with van der Waals surface area (Å²) in [6.07, 6.45) is 1.05. The number of carbonyl (C=O) groups is 2. The van der Waals surface area contributed by atoms with Gasteiger partial charge in [0.05, 0.1) is 11.0 Å². The lowest BCUT2D eigenvalue weighted by Gasteiger charge is -2.16. The summed E-state index contributed by atoms with van der Waals surface area (Å²) in [6, 6.07) is 16.8. The van der Waals surface area contributed by atoms with Gasteiger partial charge in [0.25, 0.3) is 5.91 Å². The maximum Gasteiger partial charge on any atom is 0.326 e. The second kappa shape index (κ2) is 9.58. The van der Waals surface area contributed by atoms with Crippen LogP contribution in [0.1, 0.15) is 46.9 Å². The highest BCUT2D eigenvalue weighted by molar-refractivity contribution is 7.09. The Kier molecular flexibility index (Phi) is 6.60. The van der Waals surface area contributed by atoms with Gasteiger partial charge >= 0.3 is 5.97 Å². The van der Waals surface area contributed by atoms with Crippen molar-refractivity contribution >= 4 is 34.2 Å². The van der Waals surface area contributed by atoms with Crippen LogP contribution in [-0.2, 0) is 11.2 Å². The highest BCUT2D eigenvalue weighted by Crippen LogP contribution is 2.26. The molecule has 1 atom stereocenters. The molecule has 170 valence electrons. The topological polar surface area (TPSA) is 84.2 Å². The Balaban J connectivity index is 1.72. The third-order valence-electron chi connectivity index (χ3n) is 5.50. The van der Waals surface area contributed by atoms with E-state index in [0.29, 0.717) is 23.9 Å². The largest absolute Gasteiger partial charge is 0.480 e. The van der Waals surface area contributed by atoms with E-state index in [1.54, 1.807) is 23.5 Å². The van der Waals surface area contributed by atoms with Crippen molar-refractivity contribution < 1.29 is 14.7 Å². The molecule has 0 aliphatic carbocycles.